The summed E-state index contributed by atoms with van der Waals surface area (Å²) in [4.78, 5) is 0. The van der Waals surface area contributed by atoms with Crippen molar-refractivity contribution in [3.05, 3.63) is 41.8 Å². The third kappa shape index (κ3) is 1.82. The van der Waals surface area contributed by atoms with Crippen molar-refractivity contribution in [2.45, 2.75) is 6.54 Å². The topological polar surface area (TPSA) is 69.9 Å². The van der Waals surface area contributed by atoms with Crippen molar-refractivity contribution >= 4 is 5.82 Å². The third-order valence-electron chi connectivity index (χ3n) is 2.08. The lowest BCUT2D eigenvalue weighted by atomic mass is 10.3. The molecule has 0 saturated heterocycles. The zero-order chi connectivity index (χ0) is 10.8. The van der Waals surface area contributed by atoms with Crippen molar-refractivity contribution in [2.75, 3.05) is 5.73 Å². The summed E-state index contributed by atoms with van der Waals surface area (Å²) in [7, 11) is 0. The molecule has 1 heterocycles. The molecule has 15 heavy (non-hydrogen) atoms. The van der Waals surface area contributed by atoms with Crippen molar-refractivity contribution in [3.8, 4) is 5.69 Å². The molecule has 2 rings (SSSR count). The Morgan fingerprint density at radius 2 is 1.93 bits per heavy atom. The average Bonchev–Trinajstić information content (AvgIpc) is 2.61. The van der Waals surface area contributed by atoms with Crippen LogP contribution < -0.4 is 11.5 Å². The van der Waals surface area contributed by atoms with Gasteiger partial charge in [0.1, 0.15) is 11.6 Å². The monoisotopic (exact) mass is 206 g/mol. The molecular formula is C10H11FN4. The van der Waals surface area contributed by atoms with Gasteiger partial charge in [0.15, 0.2) is 0 Å². The Morgan fingerprint density at radius 3 is 2.53 bits per heavy atom. The summed E-state index contributed by atoms with van der Waals surface area (Å²) in [5, 5.41) is 4.07. The van der Waals surface area contributed by atoms with Gasteiger partial charge in [-0.05, 0) is 24.3 Å². The summed E-state index contributed by atoms with van der Waals surface area (Å²) in [6.45, 7) is 0.335. The summed E-state index contributed by atoms with van der Waals surface area (Å²) in [5.41, 5.74) is 12.6. The second-order valence-electron chi connectivity index (χ2n) is 3.15. The van der Waals surface area contributed by atoms with Crippen LogP contribution in [0.4, 0.5) is 10.2 Å². The van der Waals surface area contributed by atoms with Gasteiger partial charge in [0, 0.05) is 12.6 Å². The van der Waals surface area contributed by atoms with E-state index in [1.165, 1.54) is 12.1 Å². The van der Waals surface area contributed by atoms with Crippen LogP contribution in [0.25, 0.3) is 5.69 Å². The molecule has 78 valence electrons. The molecule has 0 aliphatic heterocycles. The highest BCUT2D eigenvalue weighted by atomic mass is 19.1. The van der Waals surface area contributed by atoms with E-state index in [1.54, 1.807) is 22.9 Å². The van der Waals surface area contributed by atoms with Crippen LogP contribution in [0, 0.1) is 5.82 Å². The van der Waals surface area contributed by atoms with Crippen LogP contribution in [0.15, 0.2) is 30.3 Å². The van der Waals surface area contributed by atoms with Gasteiger partial charge in [0.05, 0.1) is 11.4 Å². The molecule has 0 fully saturated rings. The van der Waals surface area contributed by atoms with Gasteiger partial charge in [0.25, 0.3) is 0 Å². The van der Waals surface area contributed by atoms with Crippen LogP contribution >= 0.6 is 0 Å². The number of hydrogen-bond donors (Lipinski definition) is 2. The molecular weight excluding hydrogens is 195 g/mol. The molecule has 0 saturated carbocycles. The lowest BCUT2D eigenvalue weighted by molar-refractivity contribution is 0.626. The van der Waals surface area contributed by atoms with Crippen molar-refractivity contribution in [3.63, 3.8) is 0 Å². The van der Waals surface area contributed by atoms with Crippen LogP contribution in [0.5, 0.6) is 0 Å². The van der Waals surface area contributed by atoms with Crippen LogP contribution in [0.2, 0.25) is 0 Å². The smallest absolute Gasteiger partial charge is 0.146 e. The van der Waals surface area contributed by atoms with Crippen molar-refractivity contribution in [1.29, 1.82) is 0 Å². The van der Waals surface area contributed by atoms with Crippen LogP contribution in [0.1, 0.15) is 5.69 Å². The fourth-order valence-electron chi connectivity index (χ4n) is 1.39. The van der Waals surface area contributed by atoms with Crippen molar-refractivity contribution in [1.82, 2.24) is 9.78 Å². The van der Waals surface area contributed by atoms with Gasteiger partial charge in [-0.15, -0.1) is 0 Å². The predicted octanol–water partition coefficient (Wildman–Crippen LogP) is 1.05. The number of aromatic nitrogens is 2. The zero-order valence-corrected chi connectivity index (χ0v) is 8.02. The molecule has 0 spiro atoms. The predicted molar refractivity (Wildman–Crippen MR) is 55.8 cm³/mol. The van der Waals surface area contributed by atoms with Gasteiger partial charge in [-0.3, -0.25) is 0 Å². The average molecular weight is 206 g/mol. The fraction of sp³-hybridized carbons (Fsp3) is 0.100. The number of nitrogen functional groups attached to an aromatic ring is 1. The standard InChI is InChI=1S/C10H11FN4/c11-7-1-3-8(4-2-7)15-9(6-12)5-10(13)14-15/h1-5H,6,12H2,(H2,13,14). The molecule has 0 radical (unpaired) electrons. The van der Waals surface area contributed by atoms with E-state index < -0.39 is 0 Å². The maximum absolute atomic E-state index is 12.7. The molecule has 4 N–H and O–H groups in total. The molecule has 0 atom stereocenters. The van der Waals surface area contributed by atoms with Crippen LogP contribution in [-0.4, -0.2) is 9.78 Å². The molecule has 0 amide bonds. The first kappa shape index (κ1) is 9.67. The number of hydrogen-bond acceptors (Lipinski definition) is 3. The Kier molecular flexibility index (Phi) is 2.39. The number of halogens is 1. The first-order valence-corrected chi connectivity index (χ1v) is 4.51. The van der Waals surface area contributed by atoms with E-state index in [2.05, 4.69) is 5.10 Å². The van der Waals surface area contributed by atoms with Gasteiger partial charge >= 0.3 is 0 Å². The molecule has 0 aliphatic rings. The van der Waals surface area contributed by atoms with Gasteiger partial charge in [-0.2, -0.15) is 5.10 Å². The van der Waals surface area contributed by atoms with Gasteiger partial charge in [0.2, 0.25) is 0 Å². The molecule has 1 aromatic heterocycles. The highest BCUT2D eigenvalue weighted by molar-refractivity contribution is 5.38. The van der Waals surface area contributed by atoms with E-state index in [9.17, 15) is 4.39 Å². The highest BCUT2D eigenvalue weighted by Crippen LogP contribution is 2.13. The SMILES string of the molecule is NCc1cc(N)nn1-c1ccc(F)cc1. The van der Waals surface area contributed by atoms with E-state index >= 15 is 0 Å². The molecule has 0 bridgehead atoms. The molecule has 5 heteroatoms. The molecule has 2 aromatic rings. The molecule has 1 aromatic carbocycles. The molecule has 0 aliphatic carbocycles. The summed E-state index contributed by atoms with van der Waals surface area (Å²) in [6.07, 6.45) is 0. The lowest BCUT2D eigenvalue weighted by Crippen LogP contribution is -2.06. The number of rotatable bonds is 2. The van der Waals surface area contributed by atoms with E-state index in [-0.39, 0.29) is 5.82 Å². The Morgan fingerprint density at radius 1 is 1.27 bits per heavy atom. The Balaban J connectivity index is 2.48. The minimum Gasteiger partial charge on any atom is -0.382 e. The Bertz CT molecular complexity index is 461. The van der Waals surface area contributed by atoms with Crippen LogP contribution in [0.3, 0.4) is 0 Å². The number of nitrogens with two attached hydrogens (primary N) is 2. The number of nitrogens with zero attached hydrogens (tertiary/aromatic N) is 2. The van der Waals surface area contributed by atoms with Crippen molar-refractivity contribution < 1.29 is 4.39 Å². The summed E-state index contributed by atoms with van der Waals surface area (Å²) in [5.74, 6) is 0.118. The fourth-order valence-corrected chi connectivity index (χ4v) is 1.39. The maximum atomic E-state index is 12.7. The van der Waals surface area contributed by atoms with E-state index in [0.29, 0.717) is 12.4 Å². The number of anilines is 1. The Hall–Kier alpha value is -1.88. The summed E-state index contributed by atoms with van der Waals surface area (Å²) >= 11 is 0. The first-order valence-electron chi connectivity index (χ1n) is 4.51. The van der Waals surface area contributed by atoms with Crippen LogP contribution in [-0.2, 0) is 6.54 Å². The van der Waals surface area contributed by atoms with Gasteiger partial charge < -0.3 is 11.5 Å². The minimum atomic E-state index is -0.284. The largest absolute Gasteiger partial charge is 0.382 e. The zero-order valence-electron chi connectivity index (χ0n) is 8.02. The number of benzene rings is 1. The second kappa shape index (κ2) is 3.70. The van der Waals surface area contributed by atoms with Gasteiger partial charge in [-0.25, -0.2) is 9.07 Å². The van der Waals surface area contributed by atoms with E-state index in [1.807, 2.05) is 0 Å². The third-order valence-corrected chi connectivity index (χ3v) is 2.08. The van der Waals surface area contributed by atoms with Crippen molar-refractivity contribution in [2.24, 2.45) is 5.73 Å². The van der Waals surface area contributed by atoms with E-state index in [4.69, 9.17) is 11.5 Å². The second-order valence-corrected chi connectivity index (χ2v) is 3.15. The molecule has 0 unspecified atom stereocenters. The first-order chi connectivity index (χ1) is 7.20. The minimum absolute atomic E-state index is 0.284. The highest BCUT2D eigenvalue weighted by Gasteiger charge is 2.06. The van der Waals surface area contributed by atoms with E-state index in [0.717, 1.165) is 11.4 Å². The normalized spacial score (nSPS) is 10.5. The molecule has 4 nitrogen and oxygen atoms in total. The lowest BCUT2D eigenvalue weighted by Gasteiger charge is -2.04. The Labute approximate surface area is 86.3 Å². The summed E-state index contributed by atoms with van der Waals surface area (Å²) < 4.78 is 14.3. The maximum Gasteiger partial charge on any atom is 0.146 e. The quantitative estimate of drug-likeness (QED) is 0.771. The van der Waals surface area contributed by atoms with Gasteiger partial charge in [-0.1, -0.05) is 0 Å². The summed E-state index contributed by atoms with van der Waals surface area (Å²) in [6, 6.07) is 7.69.